The van der Waals surface area contributed by atoms with E-state index in [4.69, 9.17) is 0 Å². The maximum absolute atomic E-state index is 12.8. The quantitative estimate of drug-likeness (QED) is 0.383. The highest BCUT2D eigenvalue weighted by Crippen LogP contribution is 2.32. The minimum atomic E-state index is -5.12. The molecule has 0 spiro atoms. The van der Waals surface area contributed by atoms with E-state index in [1.807, 2.05) is 0 Å². The van der Waals surface area contributed by atoms with E-state index in [1.165, 1.54) is 0 Å². The van der Waals surface area contributed by atoms with Gasteiger partial charge in [0.25, 0.3) is 9.84 Å². The standard InChI is InChI=1S/C16H31F3O2S/c1-3-5-7-9-11-13-15(14-12-10-8-6-4-2)22(20,21)16(17,18)19/h15H,3-14H2,1-2H3. The summed E-state index contributed by atoms with van der Waals surface area (Å²) in [6.45, 7) is 4.13. The van der Waals surface area contributed by atoms with Gasteiger partial charge in [0.1, 0.15) is 0 Å². The first-order valence-corrected chi connectivity index (χ1v) is 10.1. The summed E-state index contributed by atoms with van der Waals surface area (Å²) >= 11 is 0. The Kier molecular flexibility index (Phi) is 11.2. The number of unbranched alkanes of at least 4 members (excludes halogenated alkanes) is 8. The van der Waals surface area contributed by atoms with Gasteiger partial charge < -0.3 is 0 Å². The van der Waals surface area contributed by atoms with Crippen LogP contribution in [0.5, 0.6) is 0 Å². The molecular weight excluding hydrogens is 313 g/mol. The zero-order chi connectivity index (χ0) is 17.1. The Balaban J connectivity index is 4.44. The summed E-state index contributed by atoms with van der Waals surface area (Å²) in [5.74, 6) is 0. The zero-order valence-corrected chi connectivity index (χ0v) is 14.7. The molecule has 0 atom stereocenters. The molecule has 0 amide bonds. The van der Waals surface area contributed by atoms with Crippen molar-refractivity contribution < 1.29 is 21.6 Å². The highest BCUT2D eigenvalue weighted by molar-refractivity contribution is 7.92. The van der Waals surface area contributed by atoms with E-state index in [9.17, 15) is 21.6 Å². The number of sulfone groups is 1. The summed E-state index contributed by atoms with van der Waals surface area (Å²) in [6.07, 6.45) is 9.17. The van der Waals surface area contributed by atoms with Crippen LogP contribution in [0.25, 0.3) is 0 Å². The van der Waals surface area contributed by atoms with E-state index in [-0.39, 0.29) is 12.8 Å². The minimum absolute atomic E-state index is 0.138. The van der Waals surface area contributed by atoms with E-state index in [0.717, 1.165) is 51.4 Å². The van der Waals surface area contributed by atoms with Gasteiger partial charge in [0.15, 0.2) is 0 Å². The molecule has 0 aromatic heterocycles. The van der Waals surface area contributed by atoms with Crippen molar-refractivity contribution in [1.82, 2.24) is 0 Å². The Morgan fingerprint density at radius 2 is 1.09 bits per heavy atom. The maximum Gasteiger partial charge on any atom is 0.497 e. The molecule has 0 unspecified atom stereocenters. The molecule has 0 saturated carbocycles. The van der Waals surface area contributed by atoms with E-state index in [1.54, 1.807) is 0 Å². The molecule has 0 radical (unpaired) electrons. The van der Waals surface area contributed by atoms with Crippen LogP contribution < -0.4 is 0 Å². The third-order valence-electron chi connectivity index (χ3n) is 4.02. The van der Waals surface area contributed by atoms with Crippen LogP contribution >= 0.6 is 0 Å². The molecule has 0 aliphatic heterocycles. The summed E-state index contributed by atoms with van der Waals surface area (Å²) in [7, 11) is -5.02. The number of hydrogen-bond acceptors (Lipinski definition) is 2. The van der Waals surface area contributed by atoms with E-state index in [0.29, 0.717) is 12.8 Å². The number of rotatable bonds is 13. The van der Waals surface area contributed by atoms with E-state index >= 15 is 0 Å². The fourth-order valence-corrected chi connectivity index (χ4v) is 3.93. The summed E-state index contributed by atoms with van der Waals surface area (Å²) in [4.78, 5) is 0. The first kappa shape index (κ1) is 21.7. The molecule has 0 saturated heterocycles. The summed E-state index contributed by atoms with van der Waals surface area (Å²) < 4.78 is 61.6. The van der Waals surface area contributed by atoms with Gasteiger partial charge in [-0.1, -0.05) is 78.1 Å². The third kappa shape index (κ3) is 8.39. The molecule has 134 valence electrons. The van der Waals surface area contributed by atoms with Crippen molar-refractivity contribution in [2.75, 3.05) is 0 Å². The normalized spacial score (nSPS) is 13.0. The van der Waals surface area contributed by atoms with Gasteiger partial charge >= 0.3 is 5.51 Å². The van der Waals surface area contributed by atoms with Crippen LogP contribution in [0.15, 0.2) is 0 Å². The number of alkyl halides is 3. The monoisotopic (exact) mass is 344 g/mol. The van der Waals surface area contributed by atoms with Crippen molar-refractivity contribution in [3.05, 3.63) is 0 Å². The molecule has 0 aliphatic rings. The van der Waals surface area contributed by atoms with Gasteiger partial charge in [-0.05, 0) is 12.8 Å². The molecule has 0 bridgehead atoms. The lowest BCUT2D eigenvalue weighted by molar-refractivity contribution is -0.0446. The average Bonchev–Trinajstić information content (AvgIpc) is 2.43. The molecule has 2 nitrogen and oxygen atoms in total. The number of hydrogen-bond donors (Lipinski definition) is 0. The average molecular weight is 344 g/mol. The van der Waals surface area contributed by atoms with Gasteiger partial charge in [-0.3, -0.25) is 0 Å². The fraction of sp³-hybridized carbons (Fsp3) is 1.00. The lowest BCUT2D eigenvalue weighted by Gasteiger charge is -2.19. The molecule has 0 aromatic rings. The predicted molar refractivity (Wildman–Crippen MR) is 85.5 cm³/mol. The topological polar surface area (TPSA) is 34.1 Å². The molecule has 0 N–H and O–H groups in total. The zero-order valence-electron chi connectivity index (χ0n) is 13.9. The largest absolute Gasteiger partial charge is 0.497 e. The van der Waals surface area contributed by atoms with Gasteiger partial charge in [0.2, 0.25) is 0 Å². The Morgan fingerprint density at radius 1 is 0.727 bits per heavy atom. The molecule has 0 heterocycles. The fourth-order valence-electron chi connectivity index (χ4n) is 2.59. The molecule has 6 heteroatoms. The summed E-state index contributed by atoms with van der Waals surface area (Å²) in [5, 5.41) is -1.25. The predicted octanol–water partition coefficient (Wildman–Crippen LogP) is 6.01. The van der Waals surface area contributed by atoms with E-state index < -0.39 is 20.6 Å². The molecule has 0 fully saturated rings. The van der Waals surface area contributed by atoms with E-state index in [2.05, 4.69) is 13.8 Å². The van der Waals surface area contributed by atoms with Gasteiger partial charge in [-0.15, -0.1) is 0 Å². The lowest BCUT2D eigenvalue weighted by atomic mass is 10.0. The van der Waals surface area contributed by atoms with Crippen molar-refractivity contribution in [2.24, 2.45) is 0 Å². The van der Waals surface area contributed by atoms with Gasteiger partial charge in [-0.2, -0.15) is 13.2 Å². The van der Waals surface area contributed by atoms with Crippen LogP contribution in [0.4, 0.5) is 13.2 Å². The second-order valence-electron chi connectivity index (χ2n) is 6.02. The highest BCUT2D eigenvalue weighted by Gasteiger charge is 2.49. The van der Waals surface area contributed by atoms with Crippen molar-refractivity contribution in [3.63, 3.8) is 0 Å². The first-order valence-electron chi connectivity index (χ1n) is 8.57. The third-order valence-corrected chi connectivity index (χ3v) is 6.02. The Hall–Kier alpha value is -0.260. The minimum Gasteiger partial charge on any atom is -0.219 e. The Labute approximate surface area is 133 Å². The second-order valence-corrected chi connectivity index (χ2v) is 8.24. The smallest absolute Gasteiger partial charge is 0.219 e. The van der Waals surface area contributed by atoms with Crippen molar-refractivity contribution >= 4 is 9.84 Å². The molecule has 22 heavy (non-hydrogen) atoms. The summed E-state index contributed by atoms with van der Waals surface area (Å²) in [5.41, 5.74) is -5.12. The van der Waals surface area contributed by atoms with Crippen molar-refractivity contribution in [2.45, 2.75) is 102 Å². The highest BCUT2D eigenvalue weighted by atomic mass is 32.2. The first-order chi connectivity index (χ1) is 10.3. The van der Waals surface area contributed by atoms with Crippen LogP contribution in [0.1, 0.15) is 90.9 Å². The van der Waals surface area contributed by atoms with Crippen molar-refractivity contribution in [1.29, 1.82) is 0 Å². The molecular formula is C16H31F3O2S. The second kappa shape index (κ2) is 11.3. The Morgan fingerprint density at radius 3 is 1.41 bits per heavy atom. The van der Waals surface area contributed by atoms with Crippen LogP contribution in [0, 0.1) is 0 Å². The molecule has 0 aromatic carbocycles. The van der Waals surface area contributed by atoms with Crippen LogP contribution in [0.2, 0.25) is 0 Å². The number of halogens is 3. The summed E-state index contributed by atoms with van der Waals surface area (Å²) in [6, 6.07) is 0. The Bertz CT molecular complexity index is 350. The molecule has 0 aliphatic carbocycles. The van der Waals surface area contributed by atoms with Gasteiger partial charge in [-0.25, -0.2) is 8.42 Å². The van der Waals surface area contributed by atoms with Crippen LogP contribution in [-0.4, -0.2) is 19.2 Å². The van der Waals surface area contributed by atoms with Crippen LogP contribution in [0.3, 0.4) is 0 Å². The SMILES string of the molecule is CCCCCCCC(CCCCCCC)S(=O)(=O)C(F)(F)F. The van der Waals surface area contributed by atoms with Crippen molar-refractivity contribution in [3.8, 4) is 0 Å². The van der Waals surface area contributed by atoms with Crippen LogP contribution in [-0.2, 0) is 9.84 Å². The van der Waals surface area contributed by atoms with Gasteiger partial charge in [0, 0.05) is 0 Å². The van der Waals surface area contributed by atoms with Gasteiger partial charge in [0.05, 0.1) is 5.25 Å². The lowest BCUT2D eigenvalue weighted by Crippen LogP contribution is -2.34. The maximum atomic E-state index is 12.8. The molecule has 0 rings (SSSR count).